The van der Waals surface area contributed by atoms with E-state index in [4.69, 9.17) is 27.9 Å². The van der Waals surface area contributed by atoms with Crippen LogP contribution in [0.1, 0.15) is 0 Å². The quantitative estimate of drug-likeness (QED) is 0.670. The predicted octanol–water partition coefficient (Wildman–Crippen LogP) is 3.45. The second-order valence-electron chi connectivity index (χ2n) is 5.41. The minimum atomic E-state index is -0.238. The number of pyridine rings is 1. The second-order valence-corrected chi connectivity index (χ2v) is 6.26. The molecule has 0 unspecified atom stereocenters. The molecule has 134 valence electrons. The topological polar surface area (TPSA) is 69.0 Å². The van der Waals surface area contributed by atoms with Crippen LogP contribution in [0.2, 0.25) is 10.0 Å². The third kappa shape index (κ3) is 4.97. The van der Waals surface area contributed by atoms with Crippen LogP contribution in [-0.4, -0.2) is 33.8 Å². The summed E-state index contributed by atoms with van der Waals surface area (Å²) in [5.74, 6) is 0.179. The number of carbonyl (C=O) groups is 1. The maximum Gasteiger partial charge on any atom is 0.258 e. The molecular weight excluding hydrogens is 375 g/mol. The first-order chi connectivity index (χ1) is 12.6. The van der Waals surface area contributed by atoms with Crippen LogP contribution in [0.15, 0.2) is 55.0 Å². The molecule has 0 spiro atoms. The van der Waals surface area contributed by atoms with Crippen LogP contribution in [0.3, 0.4) is 0 Å². The smallest absolute Gasteiger partial charge is 0.258 e. The first kappa shape index (κ1) is 18.2. The molecule has 0 saturated carbocycles. The number of hydrogen-bond acceptors (Lipinski definition) is 4. The van der Waals surface area contributed by atoms with Crippen molar-refractivity contribution in [3.8, 4) is 17.0 Å². The molecule has 1 aromatic carbocycles. The van der Waals surface area contributed by atoms with E-state index < -0.39 is 0 Å². The van der Waals surface area contributed by atoms with Gasteiger partial charge in [-0.2, -0.15) is 5.10 Å². The number of aromatic nitrogens is 3. The van der Waals surface area contributed by atoms with Gasteiger partial charge in [0, 0.05) is 35.7 Å². The van der Waals surface area contributed by atoms with Crippen LogP contribution in [0, 0.1) is 0 Å². The van der Waals surface area contributed by atoms with Crippen molar-refractivity contribution >= 4 is 29.1 Å². The maximum absolute atomic E-state index is 11.9. The summed E-state index contributed by atoms with van der Waals surface area (Å²) in [7, 11) is 0. The Kier molecular flexibility index (Phi) is 6.09. The molecule has 3 aromatic rings. The van der Waals surface area contributed by atoms with Crippen LogP contribution < -0.4 is 10.1 Å². The lowest BCUT2D eigenvalue weighted by atomic mass is 10.2. The number of amides is 1. The summed E-state index contributed by atoms with van der Waals surface area (Å²) in [5.41, 5.74) is 1.86. The highest BCUT2D eigenvalue weighted by atomic mass is 35.5. The largest absolute Gasteiger partial charge is 0.482 e. The van der Waals surface area contributed by atoms with E-state index in [2.05, 4.69) is 15.4 Å². The molecular formula is C18H16Cl2N4O2. The third-order valence-electron chi connectivity index (χ3n) is 3.53. The summed E-state index contributed by atoms with van der Waals surface area (Å²) in [6.07, 6.45) is 5.31. The molecule has 0 radical (unpaired) electrons. The number of benzene rings is 1. The van der Waals surface area contributed by atoms with Crippen LogP contribution >= 0.6 is 23.2 Å². The van der Waals surface area contributed by atoms with Gasteiger partial charge in [0.15, 0.2) is 6.61 Å². The Labute approximate surface area is 160 Å². The molecule has 0 saturated heterocycles. The van der Waals surface area contributed by atoms with Crippen molar-refractivity contribution in [2.75, 3.05) is 13.2 Å². The van der Waals surface area contributed by atoms with Gasteiger partial charge in [0.25, 0.3) is 5.91 Å². The van der Waals surface area contributed by atoms with Crippen LogP contribution in [0.4, 0.5) is 0 Å². The fourth-order valence-electron chi connectivity index (χ4n) is 2.26. The highest BCUT2D eigenvalue weighted by molar-refractivity contribution is 6.35. The Hall–Kier alpha value is -2.57. The average molecular weight is 391 g/mol. The van der Waals surface area contributed by atoms with Gasteiger partial charge in [-0.25, -0.2) is 0 Å². The van der Waals surface area contributed by atoms with Crippen molar-refractivity contribution in [1.82, 2.24) is 20.1 Å². The molecule has 8 heteroatoms. The van der Waals surface area contributed by atoms with Crippen molar-refractivity contribution in [2.45, 2.75) is 6.54 Å². The number of rotatable bonds is 7. The van der Waals surface area contributed by atoms with E-state index in [0.717, 1.165) is 11.3 Å². The molecule has 1 amide bonds. The van der Waals surface area contributed by atoms with Gasteiger partial charge in [-0.05, 0) is 36.4 Å². The number of nitrogens with one attached hydrogen (secondary N) is 1. The Bertz CT molecular complexity index is 884. The van der Waals surface area contributed by atoms with Crippen molar-refractivity contribution in [2.24, 2.45) is 0 Å². The molecule has 0 bridgehead atoms. The standard InChI is InChI=1S/C18H16Cl2N4O2/c19-14-1-2-17(15(20)11-14)26-12-18(25)22-8-10-24-9-5-16(23-24)13-3-6-21-7-4-13/h1-7,9,11H,8,10,12H2,(H,22,25). The van der Waals surface area contributed by atoms with Crippen molar-refractivity contribution in [3.63, 3.8) is 0 Å². The molecule has 2 aromatic heterocycles. The SMILES string of the molecule is O=C(COc1ccc(Cl)cc1Cl)NCCn1ccc(-c2ccncc2)n1. The van der Waals surface area contributed by atoms with Gasteiger partial charge in [0.1, 0.15) is 5.75 Å². The fourth-order valence-corrected chi connectivity index (χ4v) is 2.72. The summed E-state index contributed by atoms with van der Waals surface area (Å²) in [6, 6.07) is 10.6. The summed E-state index contributed by atoms with van der Waals surface area (Å²) >= 11 is 11.8. The van der Waals surface area contributed by atoms with E-state index in [1.807, 2.05) is 24.4 Å². The molecule has 0 aliphatic heterocycles. The van der Waals surface area contributed by atoms with E-state index in [1.54, 1.807) is 35.3 Å². The molecule has 2 heterocycles. The Morgan fingerprint density at radius 1 is 1.15 bits per heavy atom. The number of ether oxygens (including phenoxy) is 1. The molecule has 0 fully saturated rings. The molecule has 3 rings (SSSR count). The van der Waals surface area contributed by atoms with Gasteiger partial charge in [-0.3, -0.25) is 14.5 Å². The molecule has 0 atom stereocenters. The van der Waals surface area contributed by atoms with Gasteiger partial charge in [0.2, 0.25) is 0 Å². The molecule has 0 aliphatic carbocycles. The van der Waals surface area contributed by atoms with Gasteiger partial charge >= 0.3 is 0 Å². The lowest BCUT2D eigenvalue weighted by molar-refractivity contribution is -0.123. The molecule has 6 nitrogen and oxygen atoms in total. The zero-order valence-corrected chi connectivity index (χ0v) is 15.2. The number of carbonyl (C=O) groups excluding carboxylic acids is 1. The van der Waals surface area contributed by atoms with Crippen LogP contribution in [0.25, 0.3) is 11.3 Å². The van der Waals surface area contributed by atoms with E-state index in [-0.39, 0.29) is 12.5 Å². The second kappa shape index (κ2) is 8.69. The highest BCUT2D eigenvalue weighted by Crippen LogP contribution is 2.27. The number of halogens is 2. The van der Waals surface area contributed by atoms with E-state index in [1.165, 1.54) is 0 Å². The summed E-state index contributed by atoms with van der Waals surface area (Å²) < 4.78 is 7.16. The van der Waals surface area contributed by atoms with E-state index >= 15 is 0 Å². The predicted molar refractivity (Wildman–Crippen MR) is 100 cm³/mol. The minimum Gasteiger partial charge on any atom is -0.482 e. The van der Waals surface area contributed by atoms with E-state index in [0.29, 0.717) is 28.9 Å². The normalized spacial score (nSPS) is 10.5. The van der Waals surface area contributed by atoms with Gasteiger partial charge < -0.3 is 10.1 Å². The zero-order chi connectivity index (χ0) is 18.4. The Morgan fingerprint density at radius 3 is 2.73 bits per heavy atom. The summed E-state index contributed by atoms with van der Waals surface area (Å²) in [5, 5.41) is 8.12. The minimum absolute atomic E-state index is 0.122. The Balaban J connectivity index is 1.43. The average Bonchev–Trinajstić information content (AvgIpc) is 3.11. The lowest BCUT2D eigenvalue weighted by Gasteiger charge is -2.09. The van der Waals surface area contributed by atoms with Gasteiger partial charge in [-0.1, -0.05) is 23.2 Å². The molecule has 26 heavy (non-hydrogen) atoms. The van der Waals surface area contributed by atoms with Gasteiger partial charge in [-0.15, -0.1) is 0 Å². The van der Waals surface area contributed by atoms with E-state index in [9.17, 15) is 4.79 Å². The van der Waals surface area contributed by atoms with Crippen molar-refractivity contribution in [1.29, 1.82) is 0 Å². The Morgan fingerprint density at radius 2 is 1.96 bits per heavy atom. The summed E-state index contributed by atoms with van der Waals surface area (Å²) in [6.45, 7) is 0.870. The monoisotopic (exact) mass is 390 g/mol. The molecule has 1 N–H and O–H groups in total. The zero-order valence-electron chi connectivity index (χ0n) is 13.7. The maximum atomic E-state index is 11.9. The number of hydrogen-bond donors (Lipinski definition) is 1. The van der Waals surface area contributed by atoms with Crippen molar-refractivity contribution < 1.29 is 9.53 Å². The summed E-state index contributed by atoms with van der Waals surface area (Å²) in [4.78, 5) is 15.9. The highest BCUT2D eigenvalue weighted by Gasteiger charge is 2.07. The van der Waals surface area contributed by atoms with Gasteiger partial charge in [0.05, 0.1) is 17.3 Å². The first-order valence-electron chi connectivity index (χ1n) is 7.90. The van der Waals surface area contributed by atoms with Crippen LogP contribution in [-0.2, 0) is 11.3 Å². The lowest BCUT2D eigenvalue weighted by Crippen LogP contribution is -2.31. The number of nitrogens with zero attached hydrogens (tertiary/aromatic N) is 3. The van der Waals surface area contributed by atoms with Crippen LogP contribution in [0.5, 0.6) is 5.75 Å². The first-order valence-corrected chi connectivity index (χ1v) is 8.66. The molecule has 0 aliphatic rings. The third-order valence-corrected chi connectivity index (χ3v) is 4.06. The van der Waals surface area contributed by atoms with Crippen molar-refractivity contribution in [3.05, 3.63) is 65.0 Å². The fraction of sp³-hybridized carbons (Fsp3) is 0.167.